The fourth-order valence-electron chi connectivity index (χ4n) is 1.09. The van der Waals surface area contributed by atoms with Crippen molar-refractivity contribution in [1.29, 1.82) is 0 Å². The number of aldehydes is 1. The number of nitrogens with zero attached hydrogens (tertiary/aromatic N) is 2. The molecule has 1 heterocycles. The molecule has 1 aromatic rings. The van der Waals surface area contributed by atoms with Gasteiger partial charge in [0.2, 0.25) is 5.82 Å². The molecule has 5 nitrogen and oxygen atoms in total. The molecule has 0 aliphatic rings. The minimum Gasteiger partial charge on any atom is -0.340 e. The summed E-state index contributed by atoms with van der Waals surface area (Å²) in [6, 6.07) is -0.107. The van der Waals surface area contributed by atoms with Crippen molar-refractivity contribution >= 4 is 12.2 Å². The van der Waals surface area contributed by atoms with Crippen LogP contribution in [0.5, 0.6) is 0 Å². The Morgan fingerprint density at radius 3 is 2.72 bits per heavy atom. The van der Waals surface area contributed by atoms with Crippen LogP contribution in [-0.4, -0.2) is 28.2 Å². The van der Waals surface area contributed by atoms with Gasteiger partial charge in [-0.1, -0.05) is 6.92 Å². The van der Waals surface area contributed by atoms with Crippen molar-refractivity contribution in [3.8, 4) is 0 Å². The molecule has 1 N–H and O–H groups in total. The molecule has 0 bridgehead atoms. The first kappa shape index (κ1) is 14.1. The maximum Gasteiger partial charge on any atom is 0.433 e. The van der Waals surface area contributed by atoms with E-state index in [2.05, 4.69) is 15.3 Å². The monoisotopic (exact) mass is 261 g/mol. The highest BCUT2D eigenvalue weighted by atomic mass is 19.4. The van der Waals surface area contributed by atoms with Crippen LogP contribution < -0.4 is 5.32 Å². The smallest absolute Gasteiger partial charge is 0.340 e. The average Bonchev–Trinajstić information content (AvgIpc) is 2.34. The molecule has 0 spiro atoms. The molecule has 1 amide bonds. The molecule has 1 aromatic heterocycles. The quantitative estimate of drug-likeness (QED) is 0.827. The average molecular weight is 261 g/mol. The van der Waals surface area contributed by atoms with E-state index < -0.39 is 29.6 Å². The van der Waals surface area contributed by atoms with Crippen molar-refractivity contribution in [2.45, 2.75) is 25.6 Å². The van der Waals surface area contributed by atoms with E-state index in [0.29, 0.717) is 18.8 Å². The van der Waals surface area contributed by atoms with E-state index in [-0.39, 0.29) is 0 Å². The van der Waals surface area contributed by atoms with Crippen LogP contribution >= 0.6 is 0 Å². The third-order valence-electron chi connectivity index (χ3n) is 2.07. The lowest BCUT2D eigenvalue weighted by Gasteiger charge is -2.10. The molecule has 1 rings (SSSR count). The summed E-state index contributed by atoms with van der Waals surface area (Å²) in [7, 11) is 0. The van der Waals surface area contributed by atoms with Gasteiger partial charge in [0.15, 0.2) is 0 Å². The van der Waals surface area contributed by atoms with Crippen LogP contribution in [0.2, 0.25) is 0 Å². The molecular formula is C10H10F3N3O2. The van der Waals surface area contributed by atoms with Crippen molar-refractivity contribution in [3.05, 3.63) is 23.8 Å². The van der Waals surface area contributed by atoms with Crippen LogP contribution in [0.15, 0.2) is 12.3 Å². The Hall–Kier alpha value is -1.99. The lowest BCUT2D eigenvalue weighted by molar-refractivity contribution is -0.141. The van der Waals surface area contributed by atoms with Gasteiger partial charge in [-0.05, 0) is 12.5 Å². The molecule has 1 unspecified atom stereocenters. The van der Waals surface area contributed by atoms with Gasteiger partial charge in [-0.3, -0.25) is 4.79 Å². The fourth-order valence-corrected chi connectivity index (χ4v) is 1.09. The van der Waals surface area contributed by atoms with Gasteiger partial charge >= 0.3 is 6.18 Å². The summed E-state index contributed by atoms with van der Waals surface area (Å²) in [5, 5.41) is 2.21. The first-order chi connectivity index (χ1) is 8.38. The molecule has 0 aliphatic heterocycles. The number of carbonyl (C=O) groups excluding carboxylic acids is 2. The number of carbonyl (C=O) groups is 2. The Kier molecular flexibility index (Phi) is 4.35. The van der Waals surface area contributed by atoms with E-state index in [0.717, 1.165) is 6.20 Å². The van der Waals surface area contributed by atoms with Crippen LogP contribution in [0.25, 0.3) is 0 Å². The number of amides is 1. The number of hydrogen-bond donors (Lipinski definition) is 1. The fraction of sp³-hybridized carbons (Fsp3) is 0.400. The second-order valence-corrected chi connectivity index (χ2v) is 3.39. The largest absolute Gasteiger partial charge is 0.433 e. The molecule has 0 fully saturated rings. The predicted molar refractivity (Wildman–Crippen MR) is 54.6 cm³/mol. The lowest BCUT2D eigenvalue weighted by Crippen LogP contribution is -2.36. The van der Waals surface area contributed by atoms with E-state index >= 15 is 0 Å². The van der Waals surface area contributed by atoms with Gasteiger partial charge in [0.05, 0.1) is 6.04 Å². The molecule has 0 radical (unpaired) electrons. The lowest BCUT2D eigenvalue weighted by atomic mass is 10.2. The molecule has 0 saturated carbocycles. The van der Waals surface area contributed by atoms with Gasteiger partial charge < -0.3 is 10.1 Å². The Labute approximate surface area is 100 Å². The molecule has 0 aromatic carbocycles. The topological polar surface area (TPSA) is 72.0 Å². The summed E-state index contributed by atoms with van der Waals surface area (Å²) < 4.78 is 37.0. The van der Waals surface area contributed by atoms with Crippen molar-refractivity contribution in [2.75, 3.05) is 0 Å². The standard InChI is InChI=1S/C10H10F3N3O2/c1-2-6(5-17)15-9(18)8-14-4-3-7(16-8)10(11,12)13/h3-6H,2H2,1H3,(H,15,18). The first-order valence-corrected chi connectivity index (χ1v) is 5.05. The van der Waals surface area contributed by atoms with Gasteiger partial charge in [-0.15, -0.1) is 0 Å². The number of aromatic nitrogens is 2. The zero-order valence-corrected chi connectivity index (χ0v) is 9.36. The van der Waals surface area contributed by atoms with Crippen molar-refractivity contribution in [2.24, 2.45) is 0 Å². The van der Waals surface area contributed by atoms with Crippen molar-refractivity contribution < 1.29 is 22.8 Å². The summed E-state index contributed by atoms with van der Waals surface area (Å²) in [6.45, 7) is 1.65. The predicted octanol–water partition coefficient (Wildman–Crippen LogP) is 1.20. The second kappa shape index (κ2) is 5.56. The molecule has 98 valence electrons. The number of nitrogens with one attached hydrogen (secondary N) is 1. The minimum atomic E-state index is -4.65. The SMILES string of the molecule is CCC(C=O)NC(=O)c1nccc(C(F)(F)F)n1. The Bertz CT molecular complexity index is 448. The van der Waals surface area contributed by atoms with E-state index in [9.17, 15) is 22.8 Å². The van der Waals surface area contributed by atoms with Gasteiger partial charge in [-0.2, -0.15) is 13.2 Å². The van der Waals surface area contributed by atoms with Crippen LogP contribution in [-0.2, 0) is 11.0 Å². The normalized spacial score (nSPS) is 12.9. The van der Waals surface area contributed by atoms with Gasteiger partial charge in [0.25, 0.3) is 5.91 Å². The summed E-state index contributed by atoms with van der Waals surface area (Å²) in [4.78, 5) is 28.5. The third-order valence-corrected chi connectivity index (χ3v) is 2.07. The first-order valence-electron chi connectivity index (χ1n) is 5.05. The van der Waals surface area contributed by atoms with E-state index in [1.165, 1.54) is 0 Å². The minimum absolute atomic E-state index is 0.328. The zero-order chi connectivity index (χ0) is 13.8. The summed E-state index contributed by atoms with van der Waals surface area (Å²) in [6.07, 6.45) is -2.99. The molecule has 0 saturated heterocycles. The molecule has 18 heavy (non-hydrogen) atoms. The Morgan fingerprint density at radius 1 is 1.56 bits per heavy atom. The molecule has 1 atom stereocenters. The van der Waals surface area contributed by atoms with Gasteiger partial charge in [-0.25, -0.2) is 9.97 Å². The molecule has 0 aliphatic carbocycles. The van der Waals surface area contributed by atoms with E-state index in [4.69, 9.17) is 0 Å². The van der Waals surface area contributed by atoms with Gasteiger partial charge in [0, 0.05) is 6.20 Å². The maximum atomic E-state index is 12.3. The maximum absolute atomic E-state index is 12.3. The third kappa shape index (κ3) is 3.51. The number of halogens is 3. The molecular weight excluding hydrogens is 251 g/mol. The second-order valence-electron chi connectivity index (χ2n) is 3.39. The van der Waals surface area contributed by atoms with Crippen LogP contribution in [0.4, 0.5) is 13.2 Å². The highest BCUT2D eigenvalue weighted by Gasteiger charge is 2.33. The van der Waals surface area contributed by atoms with Crippen molar-refractivity contribution in [1.82, 2.24) is 15.3 Å². The Morgan fingerprint density at radius 2 is 2.22 bits per heavy atom. The van der Waals surface area contributed by atoms with Crippen LogP contribution in [0.1, 0.15) is 29.7 Å². The van der Waals surface area contributed by atoms with Crippen molar-refractivity contribution in [3.63, 3.8) is 0 Å². The zero-order valence-electron chi connectivity index (χ0n) is 9.36. The molecule has 8 heteroatoms. The highest BCUT2D eigenvalue weighted by molar-refractivity contribution is 5.92. The summed E-state index contributed by atoms with van der Waals surface area (Å²) in [5.74, 6) is -1.54. The van der Waals surface area contributed by atoms with E-state index in [1.54, 1.807) is 6.92 Å². The number of alkyl halides is 3. The number of rotatable bonds is 4. The van der Waals surface area contributed by atoms with Crippen LogP contribution in [0.3, 0.4) is 0 Å². The Balaban J connectivity index is 2.90. The number of hydrogen-bond acceptors (Lipinski definition) is 4. The highest BCUT2D eigenvalue weighted by Crippen LogP contribution is 2.26. The summed E-state index contributed by atoms with van der Waals surface area (Å²) in [5.41, 5.74) is -1.21. The van der Waals surface area contributed by atoms with E-state index in [1.807, 2.05) is 0 Å². The van der Waals surface area contributed by atoms with Crippen LogP contribution in [0, 0.1) is 0 Å². The summed E-state index contributed by atoms with van der Waals surface area (Å²) >= 11 is 0. The van der Waals surface area contributed by atoms with Gasteiger partial charge in [0.1, 0.15) is 12.0 Å².